The van der Waals surface area contributed by atoms with Crippen LogP contribution in [0.25, 0.3) is 11.0 Å². The Labute approximate surface area is 151 Å². The molecule has 0 saturated heterocycles. The van der Waals surface area contributed by atoms with Crippen LogP contribution >= 0.6 is 0 Å². The van der Waals surface area contributed by atoms with E-state index in [1.54, 1.807) is 19.1 Å². The maximum absolute atomic E-state index is 12.4. The molecule has 0 aliphatic heterocycles. The van der Waals surface area contributed by atoms with Crippen LogP contribution in [0.5, 0.6) is 5.75 Å². The van der Waals surface area contributed by atoms with Crippen molar-refractivity contribution in [2.75, 3.05) is 6.54 Å². The second-order valence-corrected chi connectivity index (χ2v) is 7.60. The molecule has 0 unspecified atom stereocenters. The van der Waals surface area contributed by atoms with Crippen LogP contribution in [0.2, 0.25) is 0 Å². The second-order valence-electron chi connectivity index (χ2n) is 7.60. The summed E-state index contributed by atoms with van der Waals surface area (Å²) in [6.07, 6.45) is 6.92. The van der Waals surface area contributed by atoms with Crippen molar-refractivity contribution in [1.82, 2.24) is 5.32 Å². The van der Waals surface area contributed by atoms with Gasteiger partial charge < -0.3 is 14.8 Å². The van der Waals surface area contributed by atoms with E-state index in [1.165, 1.54) is 6.42 Å². The van der Waals surface area contributed by atoms with E-state index in [1.807, 2.05) is 6.92 Å². The zero-order chi connectivity index (χ0) is 18.4. The van der Waals surface area contributed by atoms with E-state index < -0.39 is 5.63 Å². The normalized spacial score (nSPS) is 23.7. The van der Waals surface area contributed by atoms with Crippen LogP contribution in [-0.2, 0) is 11.2 Å². The topological polar surface area (TPSA) is 79.5 Å². The molecule has 1 aromatic heterocycles. The zero-order valence-electron chi connectivity index (χ0n) is 15.0. The highest BCUT2D eigenvalue weighted by atomic mass is 16.4. The van der Waals surface area contributed by atoms with Gasteiger partial charge >= 0.3 is 5.63 Å². The number of phenols is 1. The number of fused-ring (bicyclic) bond motifs is 3. The van der Waals surface area contributed by atoms with Gasteiger partial charge in [-0.25, -0.2) is 4.79 Å². The molecule has 2 aliphatic rings. The number of benzene rings is 1. The average molecular weight is 353 g/mol. The van der Waals surface area contributed by atoms with Crippen molar-refractivity contribution in [3.63, 3.8) is 0 Å². The summed E-state index contributed by atoms with van der Waals surface area (Å²) in [7, 11) is 0. The Morgan fingerprint density at radius 1 is 1.23 bits per heavy atom. The van der Waals surface area contributed by atoms with Gasteiger partial charge in [-0.05, 0) is 62.1 Å². The first-order valence-corrected chi connectivity index (χ1v) is 9.14. The molecule has 2 aliphatic carbocycles. The monoisotopic (exact) mass is 353 g/mol. The van der Waals surface area contributed by atoms with Gasteiger partial charge in [0.1, 0.15) is 11.3 Å². The van der Waals surface area contributed by atoms with E-state index in [2.05, 4.69) is 17.5 Å². The average Bonchev–Trinajstić information content (AvgIpc) is 3.23. The summed E-state index contributed by atoms with van der Waals surface area (Å²) in [5, 5.41) is 13.5. The van der Waals surface area contributed by atoms with Crippen molar-refractivity contribution in [3.8, 4) is 5.75 Å². The van der Waals surface area contributed by atoms with Gasteiger partial charge in [0, 0.05) is 17.5 Å². The molecule has 5 nitrogen and oxygen atoms in total. The maximum Gasteiger partial charge on any atom is 0.340 e. The summed E-state index contributed by atoms with van der Waals surface area (Å²) in [6.45, 7) is 4.19. The van der Waals surface area contributed by atoms with Gasteiger partial charge in [-0.3, -0.25) is 4.79 Å². The standard InChI is InChI=1S/C21H23NO4/c1-11-16-5-6-18(23)12(2)20(16)26-21(25)17(11)9-19(24)22-10-15-8-13-3-4-14(15)7-13/h3-6,13-15,23H,7-10H2,1-2H3,(H,22,24)/t13-,14-,15+/m0/s1. The van der Waals surface area contributed by atoms with Gasteiger partial charge in [-0.2, -0.15) is 0 Å². The molecule has 1 aromatic carbocycles. The molecular formula is C21H23NO4. The molecule has 2 bridgehead atoms. The van der Waals surface area contributed by atoms with Crippen molar-refractivity contribution in [1.29, 1.82) is 0 Å². The lowest BCUT2D eigenvalue weighted by molar-refractivity contribution is -0.120. The predicted molar refractivity (Wildman–Crippen MR) is 99.2 cm³/mol. The van der Waals surface area contributed by atoms with Crippen molar-refractivity contribution in [2.24, 2.45) is 17.8 Å². The molecule has 26 heavy (non-hydrogen) atoms. The second kappa shape index (κ2) is 6.31. The van der Waals surface area contributed by atoms with E-state index in [0.717, 1.165) is 17.4 Å². The molecule has 1 amide bonds. The predicted octanol–water partition coefficient (Wildman–Crippen LogP) is 2.99. The lowest BCUT2D eigenvalue weighted by atomic mass is 9.93. The first-order chi connectivity index (χ1) is 12.4. The van der Waals surface area contributed by atoms with Gasteiger partial charge in [0.2, 0.25) is 5.91 Å². The highest BCUT2D eigenvalue weighted by Gasteiger charge is 2.35. The summed E-state index contributed by atoms with van der Waals surface area (Å²) in [6, 6.07) is 3.30. The van der Waals surface area contributed by atoms with Crippen molar-refractivity contribution < 1.29 is 14.3 Å². The number of rotatable bonds is 4. The van der Waals surface area contributed by atoms with E-state index in [0.29, 0.717) is 41.0 Å². The SMILES string of the molecule is Cc1c(CC(=O)NC[C@H]2C[C@H]3C=C[C@H]2C3)c(=O)oc2c(C)c(O)ccc12. The first kappa shape index (κ1) is 16.9. The Hall–Kier alpha value is -2.56. The minimum atomic E-state index is -0.512. The van der Waals surface area contributed by atoms with Crippen LogP contribution in [0.3, 0.4) is 0 Å². The van der Waals surface area contributed by atoms with Crippen LogP contribution in [0, 0.1) is 31.6 Å². The summed E-state index contributed by atoms with van der Waals surface area (Å²) >= 11 is 0. The number of hydrogen-bond acceptors (Lipinski definition) is 4. The van der Waals surface area contributed by atoms with Gasteiger partial charge in [0.25, 0.3) is 0 Å². The zero-order valence-corrected chi connectivity index (χ0v) is 15.0. The Kier molecular flexibility index (Phi) is 4.10. The van der Waals surface area contributed by atoms with Crippen molar-refractivity contribution >= 4 is 16.9 Å². The number of carbonyl (C=O) groups is 1. The number of aromatic hydroxyl groups is 1. The fraction of sp³-hybridized carbons (Fsp3) is 0.429. The van der Waals surface area contributed by atoms with Gasteiger partial charge in [-0.15, -0.1) is 0 Å². The first-order valence-electron chi connectivity index (χ1n) is 9.14. The van der Waals surface area contributed by atoms with Crippen LogP contribution < -0.4 is 10.9 Å². The highest BCUT2D eigenvalue weighted by Crippen LogP contribution is 2.42. The summed E-state index contributed by atoms with van der Waals surface area (Å²) in [5.41, 5.74) is 1.51. The molecule has 1 fully saturated rings. The third-order valence-electron chi connectivity index (χ3n) is 5.99. The third-order valence-corrected chi connectivity index (χ3v) is 5.99. The van der Waals surface area contributed by atoms with Crippen LogP contribution in [0.4, 0.5) is 0 Å². The molecule has 0 spiro atoms. The Balaban J connectivity index is 1.51. The van der Waals surface area contributed by atoms with E-state index in [-0.39, 0.29) is 18.1 Å². The molecule has 0 radical (unpaired) electrons. The van der Waals surface area contributed by atoms with Crippen molar-refractivity contribution in [3.05, 3.63) is 51.4 Å². The lowest BCUT2D eigenvalue weighted by Crippen LogP contribution is -2.33. The lowest BCUT2D eigenvalue weighted by Gasteiger charge is -2.18. The fourth-order valence-corrected chi connectivity index (χ4v) is 4.38. The fourth-order valence-electron chi connectivity index (χ4n) is 4.38. The smallest absolute Gasteiger partial charge is 0.340 e. The minimum absolute atomic E-state index is 0.0146. The molecule has 2 aromatic rings. The molecule has 136 valence electrons. The van der Waals surface area contributed by atoms with Gasteiger partial charge in [0.15, 0.2) is 0 Å². The van der Waals surface area contributed by atoms with Gasteiger partial charge in [0.05, 0.1) is 12.0 Å². The molecule has 1 heterocycles. The van der Waals surface area contributed by atoms with Crippen LogP contribution in [0.1, 0.15) is 29.5 Å². The Morgan fingerprint density at radius 3 is 2.73 bits per heavy atom. The van der Waals surface area contributed by atoms with Crippen LogP contribution in [-0.4, -0.2) is 17.6 Å². The Morgan fingerprint density at radius 2 is 2.04 bits per heavy atom. The highest BCUT2D eigenvalue weighted by molar-refractivity contribution is 5.87. The largest absolute Gasteiger partial charge is 0.508 e. The molecule has 3 atom stereocenters. The number of phenolic OH excluding ortho intramolecular Hbond substituents is 1. The molecule has 2 N–H and O–H groups in total. The third kappa shape index (κ3) is 2.81. The molecule has 1 saturated carbocycles. The van der Waals surface area contributed by atoms with E-state index in [4.69, 9.17) is 4.42 Å². The molecule has 5 heteroatoms. The molecular weight excluding hydrogens is 330 g/mol. The summed E-state index contributed by atoms with van der Waals surface area (Å²) < 4.78 is 5.40. The number of hydrogen-bond donors (Lipinski definition) is 2. The van der Waals surface area contributed by atoms with E-state index >= 15 is 0 Å². The number of aryl methyl sites for hydroxylation is 2. The summed E-state index contributed by atoms with van der Waals surface area (Å²) in [4.78, 5) is 24.8. The quantitative estimate of drug-likeness (QED) is 0.654. The number of nitrogens with one attached hydrogen (secondary N) is 1. The minimum Gasteiger partial charge on any atom is -0.508 e. The number of allylic oxidation sites excluding steroid dienone is 2. The van der Waals surface area contributed by atoms with Crippen molar-refractivity contribution in [2.45, 2.75) is 33.1 Å². The van der Waals surface area contributed by atoms with E-state index in [9.17, 15) is 14.7 Å². The van der Waals surface area contributed by atoms with Crippen LogP contribution in [0.15, 0.2) is 33.5 Å². The Bertz CT molecular complexity index is 972. The summed E-state index contributed by atoms with van der Waals surface area (Å²) in [5.74, 6) is 1.71. The number of amides is 1. The maximum atomic E-state index is 12.4. The molecule has 4 rings (SSSR count). The van der Waals surface area contributed by atoms with Gasteiger partial charge in [-0.1, -0.05) is 12.2 Å². The number of carbonyl (C=O) groups excluding carboxylic acids is 1.